The van der Waals surface area contributed by atoms with E-state index in [1.807, 2.05) is 0 Å². The van der Waals surface area contributed by atoms with Crippen LogP contribution in [0.2, 0.25) is 0 Å². The van der Waals surface area contributed by atoms with E-state index in [0.29, 0.717) is 5.69 Å². The third-order valence-electron chi connectivity index (χ3n) is 3.58. The smallest absolute Gasteiger partial charge is 0.271 e. The molecule has 5 nitrogen and oxygen atoms in total. The van der Waals surface area contributed by atoms with Crippen LogP contribution in [0.15, 0.2) is 18.2 Å². The van der Waals surface area contributed by atoms with Crippen LogP contribution in [0.3, 0.4) is 0 Å². The number of nitro benzene ring substituents is 1. The number of nitrogens with two attached hydrogens (primary N) is 1. The number of anilines is 2. The van der Waals surface area contributed by atoms with E-state index in [4.69, 9.17) is 5.73 Å². The molecule has 1 unspecified atom stereocenters. The summed E-state index contributed by atoms with van der Waals surface area (Å²) in [6, 6.07) is 4.74. The highest BCUT2D eigenvalue weighted by atomic mass is 16.6. The van der Waals surface area contributed by atoms with Gasteiger partial charge in [0.25, 0.3) is 5.69 Å². The third-order valence-corrected chi connectivity index (χ3v) is 3.58. The first-order valence-corrected chi connectivity index (χ1v) is 6.37. The average molecular weight is 249 g/mol. The number of nitro groups is 1. The molecule has 1 atom stereocenters. The van der Waals surface area contributed by atoms with Crippen LogP contribution in [0.1, 0.15) is 26.2 Å². The van der Waals surface area contributed by atoms with Crippen molar-refractivity contribution in [2.75, 3.05) is 23.7 Å². The highest BCUT2D eigenvalue weighted by molar-refractivity contribution is 5.70. The van der Waals surface area contributed by atoms with Gasteiger partial charge in [0, 0.05) is 25.2 Å². The van der Waals surface area contributed by atoms with Crippen LogP contribution in [-0.2, 0) is 0 Å². The van der Waals surface area contributed by atoms with Crippen LogP contribution in [0, 0.1) is 16.0 Å². The monoisotopic (exact) mass is 249 g/mol. The van der Waals surface area contributed by atoms with Gasteiger partial charge in [-0.05, 0) is 31.2 Å². The summed E-state index contributed by atoms with van der Waals surface area (Å²) in [5, 5.41) is 10.7. The van der Waals surface area contributed by atoms with E-state index in [2.05, 4.69) is 11.8 Å². The molecule has 0 spiro atoms. The number of nitrogens with zero attached hydrogens (tertiary/aromatic N) is 2. The lowest BCUT2D eigenvalue weighted by molar-refractivity contribution is -0.384. The summed E-state index contributed by atoms with van der Waals surface area (Å²) in [5.41, 5.74) is 7.41. The zero-order chi connectivity index (χ0) is 13.1. The molecule has 2 N–H and O–H groups in total. The fourth-order valence-corrected chi connectivity index (χ4v) is 2.45. The first-order valence-electron chi connectivity index (χ1n) is 6.37. The number of benzene rings is 1. The van der Waals surface area contributed by atoms with Gasteiger partial charge in [0.05, 0.1) is 16.3 Å². The van der Waals surface area contributed by atoms with E-state index in [1.165, 1.54) is 18.6 Å². The quantitative estimate of drug-likeness (QED) is 0.497. The molecular weight excluding hydrogens is 230 g/mol. The van der Waals surface area contributed by atoms with Crippen molar-refractivity contribution in [2.24, 2.45) is 5.92 Å². The van der Waals surface area contributed by atoms with Crippen LogP contribution in [0.5, 0.6) is 0 Å². The molecule has 2 rings (SSSR count). The van der Waals surface area contributed by atoms with Crippen molar-refractivity contribution in [3.05, 3.63) is 28.3 Å². The first-order chi connectivity index (χ1) is 8.58. The molecule has 1 aliphatic rings. The van der Waals surface area contributed by atoms with Gasteiger partial charge < -0.3 is 10.6 Å². The van der Waals surface area contributed by atoms with Crippen LogP contribution in [-0.4, -0.2) is 18.0 Å². The molecule has 1 aliphatic heterocycles. The predicted molar refractivity (Wildman–Crippen MR) is 72.7 cm³/mol. The highest BCUT2D eigenvalue weighted by Gasteiger charge is 2.17. The van der Waals surface area contributed by atoms with E-state index >= 15 is 0 Å². The lowest BCUT2D eigenvalue weighted by Gasteiger charge is -2.24. The molecule has 1 aromatic carbocycles. The highest BCUT2D eigenvalue weighted by Crippen LogP contribution is 2.30. The average Bonchev–Trinajstić information content (AvgIpc) is 2.54. The molecule has 1 heterocycles. The van der Waals surface area contributed by atoms with Gasteiger partial charge in [0.2, 0.25) is 0 Å². The Labute approximate surface area is 107 Å². The number of hydrogen-bond donors (Lipinski definition) is 1. The Morgan fingerprint density at radius 1 is 1.39 bits per heavy atom. The topological polar surface area (TPSA) is 72.4 Å². The molecule has 18 heavy (non-hydrogen) atoms. The number of hydrogen-bond acceptors (Lipinski definition) is 4. The molecule has 0 aromatic heterocycles. The molecule has 0 amide bonds. The standard InChI is InChI=1S/C13H19N3O2/c1-10-3-2-7-15(8-6-10)13-5-4-11(16(17)18)9-12(13)14/h4-5,9-10H,2-3,6-8,14H2,1H3. The van der Waals surface area contributed by atoms with Crippen molar-refractivity contribution in [1.29, 1.82) is 0 Å². The Bertz CT molecular complexity index is 448. The van der Waals surface area contributed by atoms with Crippen LogP contribution in [0.4, 0.5) is 17.1 Å². The van der Waals surface area contributed by atoms with E-state index in [0.717, 1.165) is 37.5 Å². The Hall–Kier alpha value is -1.78. The summed E-state index contributed by atoms with van der Waals surface area (Å²) in [5.74, 6) is 0.745. The van der Waals surface area contributed by atoms with Gasteiger partial charge in [-0.15, -0.1) is 0 Å². The van der Waals surface area contributed by atoms with E-state index < -0.39 is 4.92 Å². The lowest BCUT2D eigenvalue weighted by atomic mass is 10.0. The second kappa shape index (κ2) is 5.25. The van der Waals surface area contributed by atoms with Crippen LogP contribution in [0.25, 0.3) is 0 Å². The number of rotatable bonds is 2. The zero-order valence-corrected chi connectivity index (χ0v) is 10.6. The number of non-ortho nitro benzene ring substituents is 1. The van der Waals surface area contributed by atoms with Gasteiger partial charge in [0.1, 0.15) is 0 Å². The summed E-state index contributed by atoms with van der Waals surface area (Å²) < 4.78 is 0. The van der Waals surface area contributed by atoms with E-state index in [1.54, 1.807) is 6.07 Å². The molecule has 0 saturated carbocycles. The van der Waals surface area contributed by atoms with Gasteiger partial charge in [-0.25, -0.2) is 0 Å². The largest absolute Gasteiger partial charge is 0.397 e. The van der Waals surface area contributed by atoms with E-state index in [-0.39, 0.29) is 5.69 Å². The van der Waals surface area contributed by atoms with Crippen molar-refractivity contribution in [3.8, 4) is 0 Å². The Morgan fingerprint density at radius 2 is 2.17 bits per heavy atom. The molecule has 0 aliphatic carbocycles. The molecule has 5 heteroatoms. The Balaban J connectivity index is 2.20. The summed E-state index contributed by atoms with van der Waals surface area (Å²) >= 11 is 0. The summed E-state index contributed by atoms with van der Waals surface area (Å²) in [6.45, 7) is 4.22. The van der Waals surface area contributed by atoms with Crippen molar-refractivity contribution >= 4 is 17.1 Å². The normalized spacial score (nSPS) is 20.5. The second-order valence-electron chi connectivity index (χ2n) is 5.02. The molecule has 1 saturated heterocycles. The molecular formula is C13H19N3O2. The molecule has 1 aromatic rings. The maximum absolute atomic E-state index is 10.7. The number of nitrogen functional groups attached to an aromatic ring is 1. The summed E-state index contributed by atoms with van der Waals surface area (Å²) in [4.78, 5) is 12.5. The lowest BCUT2D eigenvalue weighted by Crippen LogP contribution is -2.25. The maximum atomic E-state index is 10.7. The Morgan fingerprint density at radius 3 is 2.83 bits per heavy atom. The van der Waals surface area contributed by atoms with Crippen molar-refractivity contribution in [1.82, 2.24) is 0 Å². The van der Waals surface area contributed by atoms with Crippen molar-refractivity contribution in [2.45, 2.75) is 26.2 Å². The minimum atomic E-state index is -0.412. The van der Waals surface area contributed by atoms with Crippen LogP contribution < -0.4 is 10.6 Å². The van der Waals surface area contributed by atoms with Gasteiger partial charge >= 0.3 is 0 Å². The minimum Gasteiger partial charge on any atom is -0.397 e. The zero-order valence-electron chi connectivity index (χ0n) is 10.6. The van der Waals surface area contributed by atoms with Gasteiger partial charge in [-0.1, -0.05) is 6.92 Å². The minimum absolute atomic E-state index is 0.0550. The van der Waals surface area contributed by atoms with Crippen LogP contribution >= 0.6 is 0 Å². The summed E-state index contributed by atoms with van der Waals surface area (Å²) in [7, 11) is 0. The van der Waals surface area contributed by atoms with E-state index in [9.17, 15) is 10.1 Å². The van der Waals surface area contributed by atoms with Gasteiger partial charge in [0.15, 0.2) is 0 Å². The second-order valence-corrected chi connectivity index (χ2v) is 5.02. The molecule has 1 fully saturated rings. The third kappa shape index (κ3) is 2.72. The fraction of sp³-hybridized carbons (Fsp3) is 0.538. The first kappa shape index (κ1) is 12.7. The fourth-order valence-electron chi connectivity index (χ4n) is 2.45. The SMILES string of the molecule is CC1CCCN(c2ccc([N+](=O)[O-])cc2N)CC1. The van der Waals surface area contributed by atoms with Crippen molar-refractivity contribution in [3.63, 3.8) is 0 Å². The maximum Gasteiger partial charge on any atom is 0.271 e. The predicted octanol–water partition coefficient (Wildman–Crippen LogP) is 2.80. The van der Waals surface area contributed by atoms with Gasteiger partial charge in [-0.2, -0.15) is 0 Å². The van der Waals surface area contributed by atoms with Gasteiger partial charge in [-0.3, -0.25) is 10.1 Å². The Kier molecular flexibility index (Phi) is 3.69. The molecule has 0 bridgehead atoms. The van der Waals surface area contributed by atoms with Crippen molar-refractivity contribution < 1.29 is 4.92 Å². The summed E-state index contributed by atoms with van der Waals surface area (Å²) in [6.07, 6.45) is 3.54. The molecule has 0 radical (unpaired) electrons. The molecule has 98 valence electrons.